The number of furan rings is 1. The molecule has 0 fully saturated rings. The number of hydrogen-bond donors (Lipinski definition) is 0. The lowest BCUT2D eigenvalue weighted by molar-refractivity contribution is 0.0492. The van der Waals surface area contributed by atoms with E-state index in [4.69, 9.17) is 9.15 Å². The molecule has 2 heterocycles. The van der Waals surface area contributed by atoms with E-state index in [-0.39, 0.29) is 5.76 Å². The fourth-order valence-corrected chi connectivity index (χ4v) is 2.24. The fraction of sp³-hybridized carbons (Fsp3) is 0.176. The summed E-state index contributed by atoms with van der Waals surface area (Å²) in [7, 11) is 0. The van der Waals surface area contributed by atoms with Gasteiger partial charge in [0.15, 0.2) is 0 Å². The molecule has 0 radical (unpaired) electrons. The number of carbonyl (C=O) groups excluding carboxylic acids is 1. The number of rotatable bonds is 4. The Bertz CT molecular complexity index is 762. The average Bonchev–Trinajstić information content (AvgIpc) is 2.92. The van der Waals surface area contributed by atoms with E-state index in [2.05, 4.69) is 4.98 Å². The van der Waals surface area contributed by atoms with E-state index in [1.165, 1.54) is 0 Å². The Morgan fingerprint density at radius 1 is 1.24 bits per heavy atom. The van der Waals surface area contributed by atoms with Gasteiger partial charge in [-0.2, -0.15) is 0 Å². The summed E-state index contributed by atoms with van der Waals surface area (Å²) >= 11 is 0. The first-order valence-corrected chi connectivity index (χ1v) is 6.85. The molecule has 0 atom stereocenters. The minimum Gasteiger partial charge on any atom is -0.460 e. The molecule has 1 aromatic carbocycles. The third-order valence-electron chi connectivity index (χ3n) is 3.19. The summed E-state index contributed by atoms with van der Waals surface area (Å²) in [6, 6.07) is 11.6. The van der Waals surface area contributed by atoms with Crippen molar-refractivity contribution in [3.05, 3.63) is 65.7 Å². The minimum atomic E-state index is -0.428. The standard InChI is InChI=1S/C17H15NO3/c1-2-20-17(19)16-10-14-9-12(5-6-15(14)21-16)8-13-4-3-7-18-11-13/h3-7,9-11H,2,8H2,1H3. The summed E-state index contributed by atoms with van der Waals surface area (Å²) in [5, 5.41) is 0.902. The molecule has 3 aromatic rings. The number of hydrogen-bond acceptors (Lipinski definition) is 4. The topological polar surface area (TPSA) is 52.3 Å². The van der Waals surface area contributed by atoms with Crippen molar-refractivity contribution in [3.63, 3.8) is 0 Å². The van der Waals surface area contributed by atoms with Gasteiger partial charge in [0.05, 0.1) is 6.61 Å². The predicted molar refractivity (Wildman–Crippen MR) is 79.2 cm³/mol. The van der Waals surface area contributed by atoms with Gasteiger partial charge in [-0.1, -0.05) is 12.1 Å². The SMILES string of the molecule is CCOC(=O)c1cc2cc(Cc3cccnc3)ccc2o1. The fourth-order valence-electron chi connectivity index (χ4n) is 2.24. The van der Waals surface area contributed by atoms with Gasteiger partial charge < -0.3 is 9.15 Å². The summed E-state index contributed by atoms with van der Waals surface area (Å²) < 4.78 is 10.4. The van der Waals surface area contributed by atoms with Crippen molar-refractivity contribution in [1.82, 2.24) is 4.98 Å². The first-order valence-electron chi connectivity index (χ1n) is 6.85. The Morgan fingerprint density at radius 2 is 2.14 bits per heavy atom. The molecule has 0 unspecified atom stereocenters. The van der Waals surface area contributed by atoms with Crippen molar-refractivity contribution in [2.45, 2.75) is 13.3 Å². The van der Waals surface area contributed by atoms with Gasteiger partial charge in [0.2, 0.25) is 5.76 Å². The second-order valence-corrected chi connectivity index (χ2v) is 4.74. The zero-order chi connectivity index (χ0) is 14.7. The maximum Gasteiger partial charge on any atom is 0.374 e. The average molecular weight is 281 g/mol. The summed E-state index contributed by atoms with van der Waals surface area (Å²) in [5.74, 6) is -0.187. The van der Waals surface area contributed by atoms with E-state index in [9.17, 15) is 4.79 Å². The Kier molecular flexibility index (Phi) is 3.69. The zero-order valence-corrected chi connectivity index (χ0v) is 11.7. The molecule has 0 spiro atoms. The molecule has 0 N–H and O–H groups in total. The Balaban J connectivity index is 1.88. The van der Waals surface area contributed by atoms with Crippen LogP contribution < -0.4 is 0 Å². The molecular formula is C17H15NO3. The molecule has 0 aliphatic carbocycles. The zero-order valence-electron chi connectivity index (χ0n) is 11.7. The number of ether oxygens (including phenoxy) is 1. The van der Waals surface area contributed by atoms with Crippen molar-refractivity contribution in [2.24, 2.45) is 0 Å². The quantitative estimate of drug-likeness (QED) is 0.686. The molecule has 21 heavy (non-hydrogen) atoms. The summed E-state index contributed by atoms with van der Waals surface area (Å²) in [6.07, 6.45) is 4.40. The molecular weight excluding hydrogens is 266 g/mol. The second kappa shape index (κ2) is 5.79. The molecule has 2 aromatic heterocycles. The molecule has 106 valence electrons. The van der Waals surface area contributed by atoms with Crippen LogP contribution in [0.25, 0.3) is 11.0 Å². The van der Waals surface area contributed by atoms with E-state index in [0.29, 0.717) is 12.2 Å². The summed E-state index contributed by atoms with van der Waals surface area (Å²) in [4.78, 5) is 15.8. The van der Waals surface area contributed by atoms with Gasteiger partial charge in [0.1, 0.15) is 5.58 Å². The Labute approximate surface area is 122 Å². The molecule has 0 saturated heterocycles. The predicted octanol–water partition coefficient (Wildman–Crippen LogP) is 3.60. The normalized spacial score (nSPS) is 10.7. The van der Waals surface area contributed by atoms with Gasteiger partial charge in [-0.05, 0) is 48.7 Å². The Morgan fingerprint density at radius 3 is 2.90 bits per heavy atom. The van der Waals surface area contributed by atoms with Gasteiger partial charge in [-0.15, -0.1) is 0 Å². The molecule has 0 aliphatic heterocycles. The smallest absolute Gasteiger partial charge is 0.374 e. The third-order valence-corrected chi connectivity index (χ3v) is 3.19. The first kappa shape index (κ1) is 13.4. The lowest BCUT2D eigenvalue weighted by Gasteiger charge is -2.00. The molecule has 4 nitrogen and oxygen atoms in total. The lowest BCUT2D eigenvalue weighted by atomic mass is 10.1. The lowest BCUT2D eigenvalue weighted by Crippen LogP contribution is -2.02. The van der Waals surface area contributed by atoms with Crippen LogP contribution >= 0.6 is 0 Å². The number of pyridine rings is 1. The van der Waals surface area contributed by atoms with Gasteiger partial charge in [-0.3, -0.25) is 4.98 Å². The van der Waals surface area contributed by atoms with Crippen molar-refractivity contribution >= 4 is 16.9 Å². The van der Waals surface area contributed by atoms with Crippen LogP contribution in [-0.4, -0.2) is 17.6 Å². The monoisotopic (exact) mass is 281 g/mol. The number of esters is 1. The molecule has 4 heteroatoms. The van der Waals surface area contributed by atoms with E-state index in [0.717, 1.165) is 22.9 Å². The number of aromatic nitrogens is 1. The van der Waals surface area contributed by atoms with Crippen LogP contribution in [0, 0.1) is 0 Å². The first-order chi connectivity index (χ1) is 10.3. The molecule has 0 bridgehead atoms. The Hall–Kier alpha value is -2.62. The number of benzene rings is 1. The third kappa shape index (κ3) is 2.94. The summed E-state index contributed by atoms with van der Waals surface area (Å²) in [5.41, 5.74) is 2.98. The van der Waals surface area contributed by atoms with Crippen LogP contribution in [-0.2, 0) is 11.2 Å². The maximum atomic E-state index is 11.7. The van der Waals surface area contributed by atoms with Crippen LogP contribution in [0.1, 0.15) is 28.6 Å². The van der Waals surface area contributed by atoms with Crippen LogP contribution in [0.15, 0.2) is 53.2 Å². The van der Waals surface area contributed by atoms with Crippen molar-refractivity contribution in [1.29, 1.82) is 0 Å². The van der Waals surface area contributed by atoms with Gasteiger partial charge >= 0.3 is 5.97 Å². The summed E-state index contributed by atoms with van der Waals surface area (Å²) in [6.45, 7) is 2.11. The van der Waals surface area contributed by atoms with Crippen LogP contribution in [0.3, 0.4) is 0 Å². The van der Waals surface area contributed by atoms with E-state index in [1.54, 1.807) is 19.2 Å². The van der Waals surface area contributed by atoms with Gasteiger partial charge in [-0.25, -0.2) is 4.79 Å². The van der Waals surface area contributed by atoms with E-state index < -0.39 is 5.97 Å². The molecule has 0 aliphatic rings. The highest BCUT2D eigenvalue weighted by Gasteiger charge is 2.13. The van der Waals surface area contributed by atoms with Crippen molar-refractivity contribution < 1.29 is 13.9 Å². The van der Waals surface area contributed by atoms with Gasteiger partial charge in [0, 0.05) is 17.8 Å². The second-order valence-electron chi connectivity index (χ2n) is 4.74. The van der Waals surface area contributed by atoms with Crippen molar-refractivity contribution in [3.8, 4) is 0 Å². The highest BCUT2D eigenvalue weighted by Crippen LogP contribution is 2.22. The van der Waals surface area contributed by atoms with Crippen LogP contribution in [0.5, 0.6) is 0 Å². The number of fused-ring (bicyclic) bond motifs is 1. The number of nitrogens with zero attached hydrogens (tertiary/aromatic N) is 1. The minimum absolute atomic E-state index is 0.241. The highest BCUT2D eigenvalue weighted by atomic mass is 16.5. The largest absolute Gasteiger partial charge is 0.460 e. The van der Waals surface area contributed by atoms with E-state index in [1.807, 2.05) is 36.5 Å². The molecule has 0 saturated carbocycles. The van der Waals surface area contributed by atoms with Crippen molar-refractivity contribution in [2.75, 3.05) is 6.61 Å². The van der Waals surface area contributed by atoms with E-state index >= 15 is 0 Å². The maximum absolute atomic E-state index is 11.7. The number of carbonyl (C=O) groups is 1. The molecule has 3 rings (SSSR count). The van der Waals surface area contributed by atoms with Gasteiger partial charge in [0.25, 0.3) is 0 Å². The van der Waals surface area contributed by atoms with Crippen LogP contribution in [0.2, 0.25) is 0 Å². The van der Waals surface area contributed by atoms with Crippen LogP contribution in [0.4, 0.5) is 0 Å². The molecule has 0 amide bonds. The highest BCUT2D eigenvalue weighted by molar-refractivity contribution is 5.92.